The molecule has 3 aromatic rings. The van der Waals surface area contributed by atoms with Gasteiger partial charge in [0.25, 0.3) is 0 Å². The molecular weight excluding hydrogens is 492 g/mol. The van der Waals surface area contributed by atoms with Crippen molar-refractivity contribution in [1.29, 1.82) is 0 Å². The molecule has 11 nitrogen and oxygen atoms in total. The van der Waals surface area contributed by atoms with Crippen LogP contribution in [0.25, 0.3) is 46.4 Å². The second-order valence-corrected chi connectivity index (χ2v) is 9.33. The Morgan fingerprint density at radius 3 is 2.03 bits per heavy atom. The highest BCUT2D eigenvalue weighted by Gasteiger charge is 2.46. The number of carboxylic acid groups (broad SMARTS) is 1. The molecule has 3 aromatic heterocycles. The Kier molecular flexibility index (Phi) is 5.94. The van der Waals surface area contributed by atoms with Crippen molar-refractivity contribution in [2.24, 2.45) is 0 Å². The Morgan fingerprint density at radius 1 is 0.789 bits per heavy atom. The van der Waals surface area contributed by atoms with Gasteiger partial charge in [0.15, 0.2) is 0 Å². The summed E-state index contributed by atoms with van der Waals surface area (Å²) in [5.41, 5.74) is 4.32. The maximum Gasteiger partial charge on any atom is 0.338 e. The highest BCUT2D eigenvalue weighted by molar-refractivity contribution is 6.01. The fourth-order valence-electron chi connectivity index (χ4n) is 4.97. The summed E-state index contributed by atoms with van der Waals surface area (Å²) in [6.45, 7) is -0.644. The number of rotatable bonds is 3. The van der Waals surface area contributed by atoms with Crippen molar-refractivity contribution in [1.82, 2.24) is 19.9 Å². The predicted octanol–water partition coefficient (Wildman–Crippen LogP) is 1.87. The molecule has 0 radical (unpaired) electrons. The van der Waals surface area contributed by atoms with E-state index in [1.807, 2.05) is 30.4 Å². The molecule has 3 aliphatic heterocycles. The third-order valence-corrected chi connectivity index (χ3v) is 6.78. The molecule has 6 rings (SSSR count). The average Bonchev–Trinajstić information content (AvgIpc) is 3.67. The van der Waals surface area contributed by atoms with E-state index in [-0.39, 0.29) is 22.2 Å². The monoisotopic (exact) mass is 516 g/mol. The van der Waals surface area contributed by atoms with Crippen LogP contribution in [0, 0.1) is 0 Å². The van der Waals surface area contributed by atoms with Crippen LogP contribution >= 0.6 is 0 Å². The number of hydrogen-bond donors (Lipinski definition) is 7. The third-order valence-electron chi connectivity index (χ3n) is 6.78. The Bertz CT molecular complexity index is 1650. The Labute approximate surface area is 215 Å². The zero-order valence-electron chi connectivity index (χ0n) is 19.8. The Balaban J connectivity index is 1.67. The molecule has 0 aliphatic carbocycles. The normalized spacial score (nSPS) is 24.6. The highest BCUT2D eigenvalue weighted by atomic mass is 16.5. The van der Waals surface area contributed by atoms with E-state index in [9.17, 15) is 30.3 Å². The van der Waals surface area contributed by atoms with E-state index in [4.69, 9.17) is 4.74 Å². The number of H-pyrrole nitrogens is 2. The van der Waals surface area contributed by atoms with Crippen LogP contribution in [0.3, 0.4) is 0 Å². The fourth-order valence-corrected chi connectivity index (χ4v) is 4.97. The van der Waals surface area contributed by atoms with E-state index < -0.39 is 43.1 Å². The van der Waals surface area contributed by atoms with Gasteiger partial charge >= 0.3 is 5.97 Å². The van der Waals surface area contributed by atoms with Gasteiger partial charge in [-0.2, -0.15) is 0 Å². The zero-order chi connectivity index (χ0) is 26.6. The summed E-state index contributed by atoms with van der Waals surface area (Å²) in [6.07, 6.45) is -0.204. The second kappa shape index (κ2) is 9.31. The first-order chi connectivity index (χ1) is 18.3. The van der Waals surface area contributed by atoms with Gasteiger partial charge < -0.3 is 40.2 Å². The van der Waals surface area contributed by atoms with Crippen molar-refractivity contribution < 1.29 is 35.1 Å². The zero-order valence-corrected chi connectivity index (χ0v) is 19.8. The maximum absolute atomic E-state index is 12.6. The first kappa shape index (κ1) is 24.2. The molecule has 0 spiro atoms. The summed E-state index contributed by atoms with van der Waals surface area (Å²) >= 11 is 0. The quantitative estimate of drug-likeness (QED) is 0.188. The standard InChI is InChI=1S/C27H24N4O7/c32-11-20-23(33)24(34)25(35)26(38-20)21-18-9-16-5-3-14(29-16)7-12-1-2-13(28-12)8-15-4-6-17(30-15)10-19(31-18)22(21)27(36)37/h1-10,20,23-26,30-35H,11H2,(H,36,37)/t20-,23-,24+,25-,26?/m1/s1. The van der Waals surface area contributed by atoms with Gasteiger partial charge in [0.2, 0.25) is 0 Å². The van der Waals surface area contributed by atoms with Crippen molar-refractivity contribution in [3.05, 3.63) is 70.3 Å². The number of hydrogen-bond acceptors (Lipinski definition) is 8. The van der Waals surface area contributed by atoms with Crippen LogP contribution in [0.4, 0.5) is 0 Å². The van der Waals surface area contributed by atoms with Gasteiger partial charge in [0, 0.05) is 22.1 Å². The van der Waals surface area contributed by atoms with E-state index in [1.165, 1.54) is 0 Å². The number of carboxylic acids is 1. The van der Waals surface area contributed by atoms with Crippen LogP contribution in [0.15, 0.2) is 36.4 Å². The van der Waals surface area contributed by atoms with Gasteiger partial charge in [0.1, 0.15) is 30.5 Å². The lowest BCUT2D eigenvalue weighted by Gasteiger charge is -2.40. The molecule has 8 bridgehead atoms. The van der Waals surface area contributed by atoms with E-state index in [0.717, 1.165) is 16.9 Å². The van der Waals surface area contributed by atoms with Crippen LogP contribution in [-0.4, -0.2) is 82.5 Å². The number of carbonyl (C=O) groups is 1. The number of fused-ring (bicyclic) bond motifs is 8. The minimum absolute atomic E-state index is 0.0544. The summed E-state index contributed by atoms with van der Waals surface area (Å²) < 4.78 is 5.76. The molecule has 1 fully saturated rings. The molecule has 0 aromatic carbocycles. The van der Waals surface area contributed by atoms with Gasteiger partial charge in [-0.15, -0.1) is 0 Å². The molecule has 1 saturated heterocycles. The first-order valence-corrected chi connectivity index (χ1v) is 12.0. The summed E-state index contributed by atoms with van der Waals surface area (Å²) in [7, 11) is 0. The smallest absolute Gasteiger partial charge is 0.338 e. The Morgan fingerprint density at radius 2 is 1.39 bits per heavy atom. The van der Waals surface area contributed by atoms with Crippen molar-refractivity contribution in [2.75, 3.05) is 6.61 Å². The second-order valence-electron chi connectivity index (χ2n) is 9.33. The Hall–Kier alpha value is -4.13. The molecule has 3 aliphatic rings. The number of aliphatic hydroxyl groups is 4. The van der Waals surface area contributed by atoms with Gasteiger partial charge in [0.05, 0.1) is 40.5 Å². The third kappa shape index (κ3) is 4.22. The topological polar surface area (TPSA) is 185 Å². The molecule has 1 unspecified atom stereocenters. The first-order valence-electron chi connectivity index (χ1n) is 12.0. The molecular formula is C27H24N4O7. The fraction of sp³-hybridized carbons (Fsp3) is 0.222. The average molecular weight is 517 g/mol. The largest absolute Gasteiger partial charge is 0.478 e. The lowest BCUT2D eigenvalue weighted by Crippen LogP contribution is -2.55. The summed E-state index contributed by atoms with van der Waals surface area (Å²) in [5, 5.41) is 51.5. The van der Waals surface area contributed by atoms with Crippen LogP contribution in [-0.2, 0) is 4.74 Å². The molecule has 0 saturated carbocycles. The SMILES string of the molecule is O=C(O)c1c(C2O[C@H](CO)[C@@H](O)[C@H](O)[C@H]2O)c2cc3nc(cc4nc(cc5ccc(cc1[nH]2)[nH]5)C=C4)C=C3. The number of aromatic carboxylic acids is 1. The summed E-state index contributed by atoms with van der Waals surface area (Å²) in [5.74, 6) is -1.30. The number of nitrogens with zero attached hydrogens (tertiary/aromatic N) is 2. The molecule has 194 valence electrons. The maximum atomic E-state index is 12.6. The molecule has 0 amide bonds. The van der Waals surface area contributed by atoms with Crippen molar-refractivity contribution in [3.8, 4) is 0 Å². The molecule has 11 heteroatoms. The van der Waals surface area contributed by atoms with Crippen molar-refractivity contribution in [2.45, 2.75) is 30.5 Å². The molecule has 6 heterocycles. The van der Waals surface area contributed by atoms with Crippen LogP contribution in [0.5, 0.6) is 0 Å². The number of ether oxygens (including phenoxy) is 1. The van der Waals surface area contributed by atoms with Crippen molar-refractivity contribution >= 4 is 52.3 Å². The van der Waals surface area contributed by atoms with Crippen molar-refractivity contribution in [3.63, 3.8) is 0 Å². The van der Waals surface area contributed by atoms with E-state index in [0.29, 0.717) is 16.9 Å². The van der Waals surface area contributed by atoms with Crippen LogP contribution in [0.2, 0.25) is 0 Å². The van der Waals surface area contributed by atoms with E-state index >= 15 is 0 Å². The number of aliphatic hydroxyl groups excluding tert-OH is 4. The minimum Gasteiger partial charge on any atom is -0.478 e. The number of nitrogens with one attached hydrogen (secondary N) is 2. The molecule has 5 atom stereocenters. The van der Waals surface area contributed by atoms with Gasteiger partial charge in [-0.3, -0.25) is 0 Å². The minimum atomic E-state index is -1.68. The number of aromatic amines is 2. The highest BCUT2D eigenvalue weighted by Crippen LogP contribution is 2.38. The van der Waals surface area contributed by atoms with Gasteiger partial charge in [-0.25, -0.2) is 14.8 Å². The molecule has 38 heavy (non-hydrogen) atoms. The summed E-state index contributed by atoms with van der Waals surface area (Å²) in [6, 6.07) is 10.5. The van der Waals surface area contributed by atoms with Gasteiger partial charge in [-0.05, 0) is 60.7 Å². The van der Waals surface area contributed by atoms with Gasteiger partial charge in [-0.1, -0.05) is 0 Å². The number of aromatic nitrogens is 4. The predicted molar refractivity (Wildman–Crippen MR) is 139 cm³/mol. The van der Waals surface area contributed by atoms with Crippen LogP contribution < -0.4 is 0 Å². The molecule has 7 N–H and O–H groups in total. The lowest BCUT2D eigenvalue weighted by molar-refractivity contribution is -0.231. The van der Waals surface area contributed by atoms with E-state index in [1.54, 1.807) is 30.4 Å². The van der Waals surface area contributed by atoms with E-state index in [2.05, 4.69) is 19.9 Å². The lowest BCUT2D eigenvalue weighted by atomic mass is 9.89. The van der Waals surface area contributed by atoms with Crippen LogP contribution in [0.1, 0.15) is 44.8 Å². The summed E-state index contributed by atoms with van der Waals surface area (Å²) in [4.78, 5) is 28.1.